The van der Waals surface area contributed by atoms with Crippen molar-refractivity contribution in [2.45, 2.75) is 19.8 Å². The molecule has 9 heteroatoms. The highest BCUT2D eigenvalue weighted by molar-refractivity contribution is 6.39. The monoisotopic (exact) mass is 398 g/mol. The van der Waals surface area contributed by atoms with E-state index in [2.05, 4.69) is 10.3 Å². The summed E-state index contributed by atoms with van der Waals surface area (Å²) in [5.41, 5.74) is 0.984. The SMILES string of the molecule is COc1ncc(Oc2c(Cl)cc(NC(=O)C(=O)O)cc2Cl)cc1C(C)C. The van der Waals surface area contributed by atoms with Gasteiger partial charge in [-0.1, -0.05) is 37.0 Å². The van der Waals surface area contributed by atoms with Gasteiger partial charge in [-0.15, -0.1) is 0 Å². The summed E-state index contributed by atoms with van der Waals surface area (Å²) in [5, 5.41) is 11.0. The van der Waals surface area contributed by atoms with Crippen LogP contribution in [0, 0.1) is 0 Å². The van der Waals surface area contributed by atoms with Crippen molar-refractivity contribution in [1.82, 2.24) is 4.98 Å². The molecule has 26 heavy (non-hydrogen) atoms. The molecule has 1 heterocycles. The molecule has 0 saturated carbocycles. The molecule has 1 aromatic heterocycles. The van der Waals surface area contributed by atoms with E-state index in [0.717, 1.165) is 5.56 Å². The second-order valence-corrected chi connectivity index (χ2v) is 6.37. The van der Waals surface area contributed by atoms with Crippen molar-refractivity contribution in [3.63, 3.8) is 0 Å². The minimum absolute atomic E-state index is 0.0973. The Balaban J connectivity index is 2.31. The van der Waals surface area contributed by atoms with Crippen LogP contribution in [0.3, 0.4) is 0 Å². The first-order chi connectivity index (χ1) is 12.2. The van der Waals surface area contributed by atoms with E-state index in [9.17, 15) is 9.59 Å². The van der Waals surface area contributed by atoms with Gasteiger partial charge in [0.1, 0.15) is 5.75 Å². The summed E-state index contributed by atoms with van der Waals surface area (Å²) in [5.74, 6) is -1.62. The highest BCUT2D eigenvalue weighted by Gasteiger charge is 2.17. The van der Waals surface area contributed by atoms with Crippen LogP contribution in [0.2, 0.25) is 10.0 Å². The molecule has 7 nitrogen and oxygen atoms in total. The molecule has 2 aromatic rings. The third kappa shape index (κ3) is 4.56. The Morgan fingerprint density at radius 2 is 1.81 bits per heavy atom. The molecule has 138 valence electrons. The van der Waals surface area contributed by atoms with Crippen LogP contribution in [-0.2, 0) is 9.59 Å². The summed E-state index contributed by atoms with van der Waals surface area (Å²) in [4.78, 5) is 26.0. The molecule has 1 amide bonds. The van der Waals surface area contributed by atoms with Crippen LogP contribution >= 0.6 is 23.2 Å². The van der Waals surface area contributed by atoms with Gasteiger partial charge in [0, 0.05) is 11.3 Å². The molecule has 0 atom stereocenters. The Hall–Kier alpha value is -2.51. The number of carbonyl (C=O) groups is 2. The van der Waals surface area contributed by atoms with E-state index in [1.165, 1.54) is 25.4 Å². The second kappa shape index (κ2) is 8.25. The lowest BCUT2D eigenvalue weighted by molar-refractivity contribution is -0.147. The molecule has 2 rings (SSSR count). The number of aliphatic carboxylic acids is 1. The standard InChI is InChI=1S/C17H16Cl2N2O5/c1-8(2)11-6-10(7-20-16(11)25-3)26-14-12(18)4-9(5-13(14)19)21-15(22)17(23)24/h4-8H,1-3H3,(H,21,22)(H,23,24). The van der Waals surface area contributed by atoms with Crippen LogP contribution in [0.1, 0.15) is 25.3 Å². The van der Waals surface area contributed by atoms with E-state index in [1.54, 1.807) is 6.07 Å². The molecule has 0 aliphatic rings. The fraction of sp³-hybridized carbons (Fsp3) is 0.235. The number of aromatic nitrogens is 1. The van der Waals surface area contributed by atoms with Crippen LogP contribution in [0.4, 0.5) is 5.69 Å². The first-order valence-corrected chi connectivity index (χ1v) is 8.23. The van der Waals surface area contributed by atoms with Crippen molar-refractivity contribution in [2.75, 3.05) is 12.4 Å². The van der Waals surface area contributed by atoms with E-state index < -0.39 is 11.9 Å². The predicted octanol–water partition coefficient (Wildman–Crippen LogP) is 4.34. The Morgan fingerprint density at radius 1 is 1.19 bits per heavy atom. The first-order valence-electron chi connectivity index (χ1n) is 7.48. The molecule has 0 spiro atoms. The van der Waals surface area contributed by atoms with Crippen LogP contribution < -0.4 is 14.8 Å². The van der Waals surface area contributed by atoms with Gasteiger partial charge < -0.3 is 19.9 Å². The number of hydrogen-bond acceptors (Lipinski definition) is 5. The third-order valence-electron chi connectivity index (χ3n) is 3.34. The Kier molecular flexibility index (Phi) is 6.28. The topological polar surface area (TPSA) is 97.8 Å². The maximum absolute atomic E-state index is 11.2. The highest BCUT2D eigenvalue weighted by Crippen LogP contribution is 2.39. The van der Waals surface area contributed by atoms with Crippen molar-refractivity contribution in [3.05, 3.63) is 40.0 Å². The molecular formula is C17H16Cl2N2O5. The van der Waals surface area contributed by atoms with E-state index in [0.29, 0.717) is 11.6 Å². The van der Waals surface area contributed by atoms with Gasteiger partial charge in [-0.3, -0.25) is 4.79 Å². The summed E-state index contributed by atoms with van der Waals surface area (Å²) < 4.78 is 11.0. The number of pyridine rings is 1. The summed E-state index contributed by atoms with van der Waals surface area (Å²) in [6.45, 7) is 3.98. The van der Waals surface area contributed by atoms with Crippen molar-refractivity contribution in [3.8, 4) is 17.4 Å². The minimum atomic E-state index is -1.62. The second-order valence-electron chi connectivity index (χ2n) is 5.55. The largest absolute Gasteiger partial charge is 0.481 e. The summed E-state index contributed by atoms with van der Waals surface area (Å²) in [6.07, 6.45) is 1.47. The third-order valence-corrected chi connectivity index (χ3v) is 3.90. The Morgan fingerprint density at radius 3 is 2.31 bits per heavy atom. The van der Waals surface area contributed by atoms with Gasteiger partial charge in [-0.25, -0.2) is 9.78 Å². The maximum Gasteiger partial charge on any atom is 0.394 e. The Bertz CT molecular complexity index is 832. The number of carboxylic acids is 1. The van der Waals surface area contributed by atoms with Crippen LogP contribution in [-0.4, -0.2) is 29.1 Å². The smallest absolute Gasteiger partial charge is 0.394 e. The zero-order valence-electron chi connectivity index (χ0n) is 14.2. The van der Waals surface area contributed by atoms with Gasteiger partial charge >= 0.3 is 11.9 Å². The lowest BCUT2D eigenvalue weighted by Crippen LogP contribution is -2.21. The zero-order valence-corrected chi connectivity index (χ0v) is 15.7. The average molecular weight is 399 g/mol. The maximum atomic E-state index is 11.2. The van der Waals surface area contributed by atoms with Crippen LogP contribution in [0.25, 0.3) is 0 Å². The molecule has 0 aliphatic carbocycles. The van der Waals surface area contributed by atoms with E-state index >= 15 is 0 Å². The molecule has 1 aromatic carbocycles. The van der Waals surface area contributed by atoms with Crippen molar-refractivity contribution >= 4 is 40.8 Å². The van der Waals surface area contributed by atoms with Crippen molar-refractivity contribution < 1.29 is 24.2 Å². The quantitative estimate of drug-likeness (QED) is 0.726. The Labute approximate surface area is 159 Å². The highest BCUT2D eigenvalue weighted by atomic mass is 35.5. The molecule has 0 saturated heterocycles. The summed E-state index contributed by atoms with van der Waals surface area (Å²) in [6, 6.07) is 4.44. The molecule has 0 radical (unpaired) electrons. The summed E-state index contributed by atoms with van der Waals surface area (Å²) >= 11 is 12.3. The van der Waals surface area contributed by atoms with Crippen molar-refractivity contribution in [1.29, 1.82) is 0 Å². The zero-order chi connectivity index (χ0) is 19.4. The number of benzene rings is 1. The van der Waals surface area contributed by atoms with Gasteiger partial charge in [0.05, 0.1) is 23.4 Å². The van der Waals surface area contributed by atoms with Gasteiger partial charge in [0.2, 0.25) is 5.88 Å². The van der Waals surface area contributed by atoms with Gasteiger partial charge in [-0.2, -0.15) is 0 Å². The fourth-order valence-electron chi connectivity index (χ4n) is 2.12. The van der Waals surface area contributed by atoms with E-state index in [1.807, 2.05) is 13.8 Å². The number of rotatable bonds is 5. The number of anilines is 1. The number of carbonyl (C=O) groups excluding carboxylic acids is 1. The molecule has 0 fully saturated rings. The molecule has 0 unspecified atom stereocenters. The normalized spacial score (nSPS) is 10.5. The first kappa shape index (κ1) is 19.8. The number of nitrogens with zero attached hydrogens (tertiary/aromatic N) is 1. The van der Waals surface area contributed by atoms with Crippen molar-refractivity contribution in [2.24, 2.45) is 0 Å². The lowest BCUT2D eigenvalue weighted by Gasteiger charge is -2.15. The number of ether oxygens (including phenoxy) is 2. The van der Waals surface area contributed by atoms with Gasteiger partial charge in [0.15, 0.2) is 5.75 Å². The summed E-state index contributed by atoms with van der Waals surface area (Å²) in [7, 11) is 1.53. The molecule has 0 aliphatic heterocycles. The number of hydrogen-bond donors (Lipinski definition) is 2. The molecule has 0 bridgehead atoms. The van der Waals surface area contributed by atoms with Gasteiger partial charge in [0.25, 0.3) is 0 Å². The molecule has 2 N–H and O–H groups in total. The van der Waals surface area contributed by atoms with E-state index in [4.69, 9.17) is 37.8 Å². The number of carboxylic acid groups (broad SMARTS) is 1. The van der Waals surface area contributed by atoms with Crippen LogP contribution in [0.5, 0.6) is 17.4 Å². The predicted molar refractivity (Wildman–Crippen MR) is 97.7 cm³/mol. The van der Waals surface area contributed by atoms with Gasteiger partial charge in [-0.05, 0) is 24.1 Å². The average Bonchev–Trinajstić information content (AvgIpc) is 2.57. The number of methoxy groups -OCH3 is 1. The van der Waals surface area contributed by atoms with E-state index in [-0.39, 0.29) is 27.4 Å². The fourth-order valence-corrected chi connectivity index (χ4v) is 2.69. The number of amides is 1. The van der Waals surface area contributed by atoms with Crippen LogP contribution in [0.15, 0.2) is 24.4 Å². The lowest BCUT2D eigenvalue weighted by atomic mass is 10.1. The minimum Gasteiger partial charge on any atom is -0.481 e. The number of halogens is 2. The number of nitrogens with one attached hydrogen (secondary N) is 1. The molecular weight excluding hydrogens is 383 g/mol.